The van der Waals surface area contributed by atoms with E-state index in [9.17, 15) is 18.5 Å². The van der Waals surface area contributed by atoms with Crippen LogP contribution in [0, 0.1) is 10.1 Å². The van der Waals surface area contributed by atoms with Gasteiger partial charge in [0.25, 0.3) is 5.69 Å². The molecular weight excluding hydrogens is 416 g/mol. The Balaban J connectivity index is 2.05. The molecule has 2 N–H and O–H groups in total. The van der Waals surface area contributed by atoms with Crippen LogP contribution in [0.3, 0.4) is 0 Å². The van der Waals surface area contributed by atoms with Gasteiger partial charge in [0.15, 0.2) is 0 Å². The monoisotopic (exact) mass is 440 g/mol. The van der Waals surface area contributed by atoms with Crippen molar-refractivity contribution in [3.05, 3.63) is 63.2 Å². The summed E-state index contributed by atoms with van der Waals surface area (Å²) < 4.78 is 27.3. The first-order valence-electron chi connectivity index (χ1n) is 9.10. The predicted molar refractivity (Wildman–Crippen MR) is 115 cm³/mol. The maximum atomic E-state index is 12.4. The minimum atomic E-state index is -3.81. The Hall–Kier alpha value is -2.20. The third-order valence-corrected chi connectivity index (χ3v) is 5.90. The minimum Gasteiger partial charge on any atom is -0.379 e. The van der Waals surface area contributed by atoms with Gasteiger partial charge in [-0.3, -0.25) is 10.1 Å². The molecule has 29 heavy (non-hydrogen) atoms. The number of sulfonamides is 1. The number of halogens is 1. The predicted octanol–water partition coefficient (Wildman–Crippen LogP) is 3.13. The first-order chi connectivity index (χ1) is 13.7. The van der Waals surface area contributed by atoms with Crippen molar-refractivity contribution in [1.82, 2.24) is 9.62 Å². The van der Waals surface area contributed by atoms with Gasteiger partial charge >= 0.3 is 0 Å². The molecule has 0 spiro atoms. The second-order valence-corrected chi connectivity index (χ2v) is 9.00. The van der Waals surface area contributed by atoms with Crippen LogP contribution in [0.1, 0.15) is 12.0 Å². The molecule has 0 saturated carbocycles. The van der Waals surface area contributed by atoms with Gasteiger partial charge in [-0.05, 0) is 63.3 Å². The number of hydrogen-bond donors (Lipinski definition) is 2. The van der Waals surface area contributed by atoms with Crippen molar-refractivity contribution in [2.24, 2.45) is 0 Å². The molecule has 0 aliphatic rings. The van der Waals surface area contributed by atoms with Gasteiger partial charge in [0.05, 0.1) is 9.82 Å². The van der Waals surface area contributed by atoms with Crippen molar-refractivity contribution >= 4 is 33.0 Å². The summed E-state index contributed by atoms with van der Waals surface area (Å²) in [7, 11) is -0.0132. The lowest BCUT2D eigenvalue weighted by Gasteiger charge is -2.12. The summed E-state index contributed by atoms with van der Waals surface area (Å²) >= 11 is 5.86. The highest BCUT2D eigenvalue weighted by Gasteiger charge is 2.21. The number of nitrogens with one attached hydrogen (secondary N) is 2. The Morgan fingerprint density at radius 2 is 1.79 bits per heavy atom. The summed E-state index contributed by atoms with van der Waals surface area (Å²) in [6.07, 6.45) is 1.28. The number of nitro groups is 1. The molecule has 0 fully saturated rings. The molecule has 2 rings (SSSR count). The molecule has 0 bridgehead atoms. The zero-order valence-electron chi connectivity index (χ0n) is 16.4. The van der Waals surface area contributed by atoms with Crippen molar-refractivity contribution in [2.45, 2.75) is 17.7 Å². The molecule has 0 saturated heterocycles. The van der Waals surface area contributed by atoms with Crippen molar-refractivity contribution in [3.8, 4) is 0 Å². The van der Waals surface area contributed by atoms with Gasteiger partial charge in [0.1, 0.15) is 5.69 Å². The first kappa shape index (κ1) is 23.1. The van der Waals surface area contributed by atoms with Crippen molar-refractivity contribution in [3.63, 3.8) is 0 Å². The summed E-state index contributed by atoms with van der Waals surface area (Å²) in [6, 6.07) is 11.2. The molecule has 10 heteroatoms. The number of hydrogen-bond acceptors (Lipinski definition) is 6. The molecular formula is C19H25ClN4O4S. The van der Waals surface area contributed by atoms with Crippen LogP contribution in [-0.2, 0) is 16.4 Å². The molecule has 0 unspecified atom stereocenters. The quantitative estimate of drug-likeness (QED) is 0.316. The molecule has 0 aromatic heterocycles. The van der Waals surface area contributed by atoms with Crippen LogP contribution in [0.5, 0.6) is 0 Å². The summed E-state index contributed by atoms with van der Waals surface area (Å²) in [5.74, 6) is 0. The van der Waals surface area contributed by atoms with E-state index in [1.807, 2.05) is 31.1 Å². The van der Waals surface area contributed by atoms with Gasteiger partial charge < -0.3 is 10.2 Å². The van der Waals surface area contributed by atoms with Crippen LogP contribution in [0.25, 0.3) is 0 Å². The van der Waals surface area contributed by atoms with Crippen LogP contribution in [0.2, 0.25) is 5.02 Å². The van der Waals surface area contributed by atoms with Crippen LogP contribution < -0.4 is 10.0 Å². The number of benzene rings is 2. The SMILES string of the molecule is CN(C)CCCNS(=O)(=O)c1ccc(NCCc2ccc(Cl)cc2)c([N+](=O)[O-])c1. The topological polar surface area (TPSA) is 105 Å². The highest BCUT2D eigenvalue weighted by Crippen LogP contribution is 2.27. The lowest BCUT2D eigenvalue weighted by Crippen LogP contribution is -2.27. The zero-order valence-corrected chi connectivity index (χ0v) is 18.0. The van der Waals surface area contributed by atoms with E-state index >= 15 is 0 Å². The van der Waals surface area contributed by atoms with Gasteiger partial charge in [-0.1, -0.05) is 23.7 Å². The van der Waals surface area contributed by atoms with E-state index < -0.39 is 14.9 Å². The second kappa shape index (κ2) is 10.5. The molecule has 158 valence electrons. The largest absolute Gasteiger partial charge is 0.379 e. The highest BCUT2D eigenvalue weighted by atomic mass is 35.5. The maximum Gasteiger partial charge on any atom is 0.293 e. The molecule has 0 aliphatic heterocycles. The summed E-state index contributed by atoms with van der Waals surface area (Å²) in [5, 5.41) is 15.1. The molecule has 0 radical (unpaired) electrons. The number of rotatable bonds is 11. The molecule has 8 nitrogen and oxygen atoms in total. The lowest BCUT2D eigenvalue weighted by molar-refractivity contribution is -0.384. The number of nitrogens with zero attached hydrogens (tertiary/aromatic N) is 2. The smallest absolute Gasteiger partial charge is 0.293 e. The van der Waals surface area contributed by atoms with E-state index in [4.69, 9.17) is 11.6 Å². The molecule has 0 amide bonds. The van der Waals surface area contributed by atoms with Crippen LogP contribution >= 0.6 is 11.6 Å². The number of nitro benzene ring substituents is 1. The van der Waals surface area contributed by atoms with E-state index in [2.05, 4.69) is 10.0 Å². The van der Waals surface area contributed by atoms with Crippen molar-refractivity contribution < 1.29 is 13.3 Å². The molecule has 2 aromatic carbocycles. The highest BCUT2D eigenvalue weighted by molar-refractivity contribution is 7.89. The average molecular weight is 441 g/mol. The lowest BCUT2D eigenvalue weighted by atomic mass is 10.1. The van der Waals surface area contributed by atoms with Gasteiger partial charge in [-0.2, -0.15) is 0 Å². The van der Waals surface area contributed by atoms with Gasteiger partial charge in [-0.25, -0.2) is 13.1 Å². The first-order valence-corrected chi connectivity index (χ1v) is 11.0. The van der Waals surface area contributed by atoms with Crippen LogP contribution in [0.4, 0.5) is 11.4 Å². The van der Waals surface area contributed by atoms with Crippen LogP contribution in [-0.4, -0.2) is 52.0 Å². The second-order valence-electron chi connectivity index (χ2n) is 6.79. The fraction of sp³-hybridized carbons (Fsp3) is 0.368. The Labute approximate surface area is 176 Å². The summed E-state index contributed by atoms with van der Waals surface area (Å²) in [4.78, 5) is 12.7. The minimum absolute atomic E-state index is 0.127. The average Bonchev–Trinajstić information content (AvgIpc) is 2.66. The van der Waals surface area contributed by atoms with Gasteiger partial charge in [-0.15, -0.1) is 0 Å². The Morgan fingerprint density at radius 3 is 2.41 bits per heavy atom. The Morgan fingerprint density at radius 1 is 1.10 bits per heavy atom. The van der Waals surface area contributed by atoms with E-state index in [-0.39, 0.29) is 22.8 Å². The maximum absolute atomic E-state index is 12.4. The third kappa shape index (κ3) is 7.28. The van der Waals surface area contributed by atoms with E-state index in [0.717, 1.165) is 18.2 Å². The molecule has 0 heterocycles. The normalized spacial score (nSPS) is 11.6. The van der Waals surface area contributed by atoms with Crippen molar-refractivity contribution in [1.29, 1.82) is 0 Å². The van der Waals surface area contributed by atoms with E-state index in [1.165, 1.54) is 12.1 Å². The molecule has 0 atom stereocenters. The standard InChI is InChI=1S/C19H25ClN4O4S/c1-23(2)13-3-11-22-29(27,28)17-8-9-18(19(14-17)24(25)26)21-12-10-15-4-6-16(20)7-5-15/h4-9,14,21-22H,3,10-13H2,1-2H3. The van der Waals surface area contributed by atoms with Gasteiger partial charge in [0, 0.05) is 24.2 Å². The fourth-order valence-electron chi connectivity index (χ4n) is 2.66. The summed E-state index contributed by atoms with van der Waals surface area (Å²) in [6.45, 7) is 1.45. The zero-order chi connectivity index (χ0) is 21.4. The third-order valence-electron chi connectivity index (χ3n) is 4.19. The summed E-state index contributed by atoms with van der Waals surface area (Å²) in [5.41, 5.74) is 1.03. The fourth-order valence-corrected chi connectivity index (χ4v) is 3.88. The number of anilines is 1. The van der Waals surface area contributed by atoms with E-state index in [1.54, 1.807) is 12.1 Å². The van der Waals surface area contributed by atoms with Crippen molar-refractivity contribution in [2.75, 3.05) is 39.0 Å². The Bertz CT molecular complexity index is 934. The van der Waals surface area contributed by atoms with Gasteiger partial charge in [0.2, 0.25) is 10.0 Å². The van der Waals surface area contributed by atoms with Crippen LogP contribution in [0.15, 0.2) is 47.4 Å². The Kier molecular flexibility index (Phi) is 8.39. The molecule has 2 aromatic rings. The van der Waals surface area contributed by atoms with E-state index in [0.29, 0.717) is 24.4 Å². The molecule has 0 aliphatic carbocycles.